The zero-order valence-corrected chi connectivity index (χ0v) is 7.42. The molecule has 4 heavy (non-hydrogen) atoms. The molecule has 0 rings (SSSR count). The van der Waals surface area contributed by atoms with Gasteiger partial charge in [0.1, 0.15) is 0 Å². The molecule has 0 aliphatic heterocycles. The van der Waals surface area contributed by atoms with Gasteiger partial charge in [0, 0.05) is 0 Å². The van der Waals surface area contributed by atoms with E-state index in [1.807, 2.05) is 0 Å². The second-order valence-corrected chi connectivity index (χ2v) is 5.65. The summed E-state index contributed by atoms with van der Waals surface area (Å²) in [4.78, 5) is 0. The third-order valence-corrected chi connectivity index (χ3v) is 0. The van der Waals surface area contributed by atoms with Crippen molar-refractivity contribution in [2.45, 2.75) is 0 Å². The molecule has 0 saturated heterocycles. The van der Waals surface area contributed by atoms with E-state index < -0.39 is 0 Å². The fraction of sp³-hybridized carbons (Fsp3) is 0. The number of hydrogen-bond donors (Lipinski definition) is 0. The number of halogens is 3. The van der Waals surface area contributed by atoms with Gasteiger partial charge in [0.15, 0.2) is 0 Å². The van der Waals surface area contributed by atoms with Gasteiger partial charge in [-0.05, 0) is 0 Å². The molecule has 0 heterocycles. The Labute approximate surface area is 60.9 Å². The molecule has 0 aromatic rings. The maximum atomic E-state index is 5.03. The fourth-order valence-electron chi connectivity index (χ4n) is 0. The number of hydrogen-bond acceptors (Lipinski definition) is 0. The predicted molar refractivity (Wildman–Crippen MR) is 14.8 cm³/mol. The van der Waals surface area contributed by atoms with E-state index in [0.717, 1.165) is 0 Å². The first-order valence-corrected chi connectivity index (χ1v) is 7.85. The Morgan fingerprint density at radius 3 is 1.75 bits per heavy atom. The van der Waals surface area contributed by atoms with Crippen molar-refractivity contribution in [3.63, 3.8) is 0 Å². The average molecular weight is 350 g/mol. The van der Waals surface area contributed by atoms with Crippen molar-refractivity contribution in [2.75, 3.05) is 0 Å². The largest absolute Gasteiger partial charge is 1.00 e. The van der Waals surface area contributed by atoms with Gasteiger partial charge in [0.05, 0.1) is 0 Å². The summed E-state index contributed by atoms with van der Waals surface area (Å²) in [5, 5.41) is 0. The molecule has 0 amide bonds. The summed E-state index contributed by atoms with van der Waals surface area (Å²) in [5.41, 5.74) is 0. The molecule has 0 N–H and O–H groups in total. The monoisotopic (exact) mass is 348 g/mol. The van der Waals surface area contributed by atoms with Crippen LogP contribution in [0.1, 0.15) is 0 Å². The summed E-state index contributed by atoms with van der Waals surface area (Å²) in [6.45, 7) is 0. The van der Waals surface area contributed by atoms with Crippen LogP contribution in [0, 0.1) is 0 Å². The van der Waals surface area contributed by atoms with E-state index in [0.29, 0.717) is 0 Å². The number of rotatable bonds is 0. The molecule has 0 aliphatic carbocycles. The van der Waals surface area contributed by atoms with E-state index >= 15 is 0 Å². The van der Waals surface area contributed by atoms with Gasteiger partial charge < -0.3 is 0 Å². The molecule has 0 fully saturated rings. The van der Waals surface area contributed by atoms with Crippen molar-refractivity contribution < 1.29 is 40.2 Å². The van der Waals surface area contributed by atoms with Crippen molar-refractivity contribution in [1.82, 2.24) is 0 Å². The topological polar surface area (TPSA) is 0 Å². The Morgan fingerprint density at radius 2 is 1.75 bits per heavy atom. The molecule has 0 spiro atoms. The predicted octanol–water partition coefficient (Wildman–Crippen LogP) is -1.46. The van der Waals surface area contributed by atoms with E-state index in [1.165, 1.54) is 0 Å². The van der Waals surface area contributed by atoms with Crippen LogP contribution >= 0.6 is 21.6 Å². The SMILES string of the molecule is Cl[I-]Br.[Ag+]. The van der Waals surface area contributed by atoms with E-state index in [4.69, 9.17) is 8.91 Å². The van der Waals surface area contributed by atoms with Gasteiger partial charge in [-0.25, -0.2) is 0 Å². The molecule has 0 nitrogen and oxygen atoms in total. The van der Waals surface area contributed by atoms with Gasteiger partial charge in [-0.2, -0.15) is 0 Å². The van der Waals surface area contributed by atoms with Crippen LogP contribution in [0.4, 0.5) is 0 Å². The minimum Gasteiger partial charge on any atom is 1.00 e. The normalized spacial score (nSPS) is 5.50. The Hall–Kier alpha value is 2.24. The molecular weight excluding hydrogens is 350 g/mol. The standard InChI is InChI=1S/Ag.BrClI/c;1-3-2/q+1;-1. The smallest absolute Gasteiger partial charge is 1.00 e. The summed E-state index contributed by atoms with van der Waals surface area (Å²) >= 11 is 2.90. The van der Waals surface area contributed by atoms with Crippen LogP contribution < -0.4 is 17.9 Å². The summed E-state index contributed by atoms with van der Waals surface area (Å²) in [6.07, 6.45) is 0. The molecule has 0 aromatic heterocycles. The molecule has 4 heteroatoms. The molecule has 0 atom stereocenters. The third-order valence-electron chi connectivity index (χ3n) is 0. The summed E-state index contributed by atoms with van der Waals surface area (Å²) < 4.78 is 0. The van der Waals surface area contributed by atoms with E-state index in [1.54, 1.807) is 0 Å². The molecule has 0 unspecified atom stereocenters. The second-order valence-electron chi connectivity index (χ2n) is 0.0540. The first-order valence-electron chi connectivity index (χ1n) is 0.286. The van der Waals surface area contributed by atoms with E-state index in [2.05, 4.69) is 12.7 Å². The van der Waals surface area contributed by atoms with Gasteiger partial charge in [-0.3, -0.25) is 0 Å². The van der Waals surface area contributed by atoms with Crippen LogP contribution in [0.15, 0.2) is 0 Å². The minimum absolute atomic E-state index is 0. The van der Waals surface area contributed by atoms with Crippen molar-refractivity contribution >= 4 is 21.6 Å². The molecule has 0 aliphatic rings. The third kappa shape index (κ3) is 8.87. The maximum absolute atomic E-state index is 5.03. The molecule has 0 saturated carbocycles. The first-order chi connectivity index (χ1) is 1.41. The molecular formula is AgBrClI. The first kappa shape index (κ1) is 9.53. The van der Waals surface area contributed by atoms with Crippen LogP contribution in [0.3, 0.4) is 0 Å². The van der Waals surface area contributed by atoms with Crippen molar-refractivity contribution in [1.29, 1.82) is 0 Å². The van der Waals surface area contributed by atoms with Crippen molar-refractivity contribution in [3.8, 4) is 0 Å². The minimum atomic E-state index is -0.125. The van der Waals surface area contributed by atoms with Crippen LogP contribution in [0.25, 0.3) is 0 Å². The van der Waals surface area contributed by atoms with Crippen molar-refractivity contribution in [2.24, 2.45) is 0 Å². The Bertz CT molecular complexity index is 8.00. The zero-order chi connectivity index (χ0) is 2.71. The summed E-state index contributed by atoms with van der Waals surface area (Å²) in [6, 6.07) is 0. The Balaban J connectivity index is 0. The molecule has 0 bridgehead atoms. The van der Waals surface area contributed by atoms with E-state index in [-0.39, 0.29) is 40.2 Å². The quantitative estimate of drug-likeness (QED) is 0.370. The van der Waals surface area contributed by atoms with Crippen LogP contribution in [-0.2, 0) is 22.4 Å². The van der Waals surface area contributed by atoms with Gasteiger partial charge >= 0.3 is 61.8 Å². The zero-order valence-electron chi connectivity index (χ0n) is 1.44. The van der Waals surface area contributed by atoms with Crippen LogP contribution in [0.5, 0.6) is 0 Å². The maximum Gasteiger partial charge on any atom is 1.00 e. The second kappa shape index (κ2) is 8.97. The Kier molecular flexibility index (Phi) is 21.4. The van der Waals surface area contributed by atoms with Gasteiger partial charge in [0.25, 0.3) is 0 Å². The average Bonchev–Trinajstić information content (AvgIpc) is 0.918. The molecule has 32 valence electrons. The van der Waals surface area contributed by atoms with Crippen molar-refractivity contribution in [3.05, 3.63) is 0 Å². The molecule has 0 aromatic carbocycles. The van der Waals surface area contributed by atoms with Gasteiger partial charge in [0.2, 0.25) is 0 Å². The fourth-order valence-corrected chi connectivity index (χ4v) is 0. The summed E-state index contributed by atoms with van der Waals surface area (Å²) in [7, 11) is 5.03. The van der Waals surface area contributed by atoms with Gasteiger partial charge in [-0.1, -0.05) is 0 Å². The van der Waals surface area contributed by atoms with E-state index in [9.17, 15) is 0 Å². The van der Waals surface area contributed by atoms with Crippen LogP contribution in [0.2, 0.25) is 0 Å². The van der Waals surface area contributed by atoms with Gasteiger partial charge in [-0.15, -0.1) is 0 Å². The Morgan fingerprint density at radius 1 is 1.75 bits per heavy atom. The summed E-state index contributed by atoms with van der Waals surface area (Å²) in [5.74, 6) is 0. The molecule has 0 radical (unpaired) electrons. The van der Waals surface area contributed by atoms with Crippen LogP contribution in [-0.4, -0.2) is 0 Å².